The van der Waals surface area contributed by atoms with Crippen LogP contribution < -0.4 is 10.1 Å². The Kier molecular flexibility index (Phi) is 6.45. The fourth-order valence-corrected chi connectivity index (χ4v) is 2.82. The standard InChI is InChI=1S/C18H8Cl3F6N3O/c19-11-2-1-10(30-15-12(20)3-8(6-28-15)17(22,23)24)5-14(11)31-16-13(21)4-9(7-29-16)18(25,26)27/h1-7H,(H,28,30). The zero-order valence-corrected chi connectivity index (χ0v) is 17.0. The summed E-state index contributed by atoms with van der Waals surface area (Å²) in [4.78, 5) is 7.19. The van der Waals surface area contributed by atoms with Crippen molar-refractivity contribution in [3.05, 3.63) is 68.9 Å². The summed E-state index contributed by atoms with van der Waals surface area (Å²) in [7, 11) is 0. The summed E-state index contributed by atoms with van der Waals surface area (Å²) in [5, 5.41) is 2.06. The van der Waals surface area contributed by atoms with Crippen LogP contribution in [0.4, 0.5) is 37.8 Å². The second-order valence-corrected chi connectivity index (χ2v) is 7.15. The highest BCUT2D eigenvalue weighted by Gasteiger charge is 2.32. The lowest BCUT2D eigenvalue weighted by molar-refractivity contribution is -0.138. The average Bonchev–Trinajstić information content (AvgIpc) is 2.65. The van der Waals surface area contributed by atoms with Crippen molar-refractivity contribution in [1.29, 1.82) is 0 Å². The number of aromatic nitrogens is 2. The van der Waals surface area contributed by atoms with Crippen LogP contribution in [0.1, 0.15) is 11.1 Å². The zero-order chi connectivity index (χ0) is 23.0. The molecular formula is C18H8Cl3F6N3O. The van der Waals surface area contributed by atoms with Gasteiger partial charge in [-0.3, -0.25) is 0 Å². The van der Waals surface area contributed by atoms with Gasteiger partial charge in [0.25, 0.3) is 0 Å². The van der Waals surface area contributed by atoms with Gasteiger partial charge in [-0.25, -0.2) is 9.97 Å². The van der Waals surface area contributed by atoms with Crippen molar-refractivity contribution in [2.24, 2.45) is 0 Å². The average molecular weight is 503 g/mol. The number of ether oxygens (including phenoxy) is 1. The molecule has 13 heteroatoms. The third-order valence-electron chi connectivity index (χ3n) is 3.70. The minimum Gasteiger partial charge on any atom is -0.436 e. The van der Waals surface area contributed by atoms with Crippen LogP contribution in [0.15, 0.2) is 42.7 Å². The predicted octanol–water partition coefficient (Wildman–Crippen LogP) is 8.01. The zero-order valence-electron chi connectivity index (χ0n) is 14.7. The first-order valence-electron chi connectivity index (χ1n) is 8.04. The summed E-state index contributed by atoms with van der Waals surface area (Å²) in [6, 6.07) is 5.48. The van der Waals surface area contributed by atoms with Crippen LogP contribution in [-0.4, -0.2) is 9.97 Å². The first kappa shape index (κ1) is 23.2. The monoisotopic (exact) mass is 501 g/mol. The normalized spacial score (nSPS) is 12.0. The van der Waals surface area contributed by atoms with E-state index in [1.165, 1.54) is 18.2 Å². The summed E-state index contributed by atoms with van der Waals surface area (Å²) in [5.74, 6) is -0.447. The molecule has 3 aromatic rings. The van der Waals surface area contributed by atoms with Gasteiger partial charge in [0, 0.05) is 24.1 Å². The van der Waals surface area contributed by atoms with Gasteiger partial charge >= 0.3 is 12.4 Å². The maximum Gasteiger partial charge on any atom is 0.417 e. The van der Waals surface area contributed by atoms with E-state index in [1.807, 2.05) is 0 Å². The highest BCUT2D eigenvalue weighted by atomic mass is 35.5. The van der Waals surface area contributed by atoms with Gasteiger partial charge in [0.05, 0.1) is 21.2 Å². The predicted molar refractivity (Wildman–Crippen MR) is 103 cm³/mol. The lowest BCUT2D eigenvalue weighted by Crippen LogP contribution is -2.06. The number of benzene rings is 1. The van der Waals surface area contributed by atoms with Gasteiger partial charge in [0.1, 0.15) is 16.6 Å². The minimum absolute atomic E-state index is 0.0381. The lowest BCUT2D eigenvalue weighted by Gasteiger charge is -2.13. The number of hydrogen-bond donors (Lipinski definition) is 1. The number of halogens is 9. The number of nitrogens with zero attached hydrogens (tertiary/aromatic N) is 2. The Morgan fingerprint density at radius 1 is 0.742 bits per heavy atom. The van der Waals surface area contributed by atoms with Crippen LogP contribution in [0.3, 0.4) is 0 Å². The van der Waals surface area contributed by atoms with E-state index in [-0.39, 0.29) is 33.2 Å². The topological polar surface area (TPSA) is 47.0 Å². The highest BCUT2D eigenvalue weighted by molar-refractivity contribution is 6.33. The number of rotatable bonds is 4. The van der Waals surface area contributed by atoms with Crippen molar-refractivity contribution in [1.82, 2.24) is 9.97 Å². The molecule has 1 N–H and O–H groups in total. The summed E-state index contributed by atoms with van der Waals surface area (Å²) >= 11 is 17.7. The number of pyridine rings is 2. The molecule has 0 saturated carbocycles. The van der Waals surface area contributed by atoms with Crippen LogP contribution in [0, 0.1) is 0 Å². The van der Waals surface area contributed by atoms with Gasteiger partial charge in [0.2, 0.25) is 5.88 Å². The molecule has 0 fully saturated rings. The van der Waals surface area contributed by atoms with Crippen molar-refractivity contribution < 1.29 is 31.1 Å². The SMILES string of the molecule is FC(F)(F)c1cnc(Nc2ccc(Cl)c(Oc3ncc(C(F)(F)F)cc3Cl)c2)c(Cl)c1. The third kappa shape index (κ3) is 5.63. The molecule has 31 heavy (non-hydrogen) atoms. The van der Waals surface area contributed by atoms with Crippen molar-refractivity contribution in [3.8, 4) is 11.6 Å². The van der Waals surface area contributed by atoms with E-state index in [4.69, 9.17) is 39.5 Å². The number of alkyl halides is 6. The molecule has 3 rings (SSSR count). The van der Waals surface area contributed by atoms with Gasteiger partial charge in [-0.2, -0.15) is 26.3 Å². The van der Waals surface area contributed by atoms with Crippen LogP contribution in [0.5, 0.6) is 11.6 Å². The third-order valence-corrected chi connectivity index (χ3v) is 4.57. The molecule has 0 bridgehead atoms. The molecule has 0 amide bonds. The molecule has 4 nitrogen and oxygen atoms in total. The summed E-state index contributed by atoms with van der Waals surface area (Å²) < 4.78 is 81.7. The van der Waals surface area contributed by atoms with E-state index in [2.05, 4.69) is 15.3 Å². The van der Waals surface area contributed by atoms with E-state index in [0.717, 1.165) is 0 Å². The Labute approximate surface area is 185 Å². The number of nitrogens with one attached hydrogen (secondary N) is 1. The lowest BCUT2D eigenvalue weighted by atomic mass is 10.2. The molecule has 0 saturated heterocycles. The second-order valence-electron chi connectivity index (χ2n) is 5.93. The molecule has 2 heterocycles. The quantitative estimate of drug-likeness (QED) is 0.367. The Morgan fingerprint density at radius 3 is 1.87 bits per heavy atom. The van der Waals surface area contributed by atoms with E-state index < -0.39 is 28.5 Å². The van der Waals surface area contributed by atoms with Crippen molar-refractivity contribution in [2.45, 2.75) is 12.4 Å². The van der Waals surface area contributed by atoms with Crippen molar-refractivity contribution in [2.75, 3.05) is 5.32 Å². The second kappa shape index (κ2) is 8.60. The van der Waals surface area contributed by atoms with Gasteiger partial charge in [0.15, 0.2) is 0 Å². The molecule has 164 valence electrons. The highest BCUT2D eigenvalue weighted by Crippen LogP contribution is 2.38. The van der Waals surface area contributed by atoms with Gasteiger partial charge in [-0.1, -0.05) is 34.8 Å². The molecular weight excluding hydrogens is 495 g/mol. The van der Waals surface area contributed by atoms with E-state index in [0.29, 0.717) is 24.5 Å². The van der Waals surface area contributed by atoms with E-state index in [1.54, 1.807) is 0 Å². The molecule has 0 aliphatic rings. The largest absolute Gasteiger partial charge is 0.436 e. The van der Waals surface area contributed by atoms with Gasteiger partial charge in [-0.15, -0.1) is 0 Å². The van der Waals surface area contributed by atoms with Gasteiger partial charge in [-0.05, 0) is 24.3 Å². The van der Waals surface area contributed by atoms with Crippen molar-refractivity contribution in [3.63, 3.8) is 0 Å². The van der Waals surface area contributed by atoms with Crippen LogP contribution in [-0.2, 0) is 12.4 Å². The minimum atomic E-state index is -4.63. The maximum absolute atomic E-state index is 12.7. The van der Waals surface area contributed by atoms with Crippen molar-refractivity contribution >= 4 is 46.3 Å². The van der Waals surface area contributed by atoms with Gasteiger partial charge < -0.3 is 10.1 Å². The molecule has 0 radical (unpaired) electrons. The maximum atomic E-state index is 12.7. The Balaban J connectivity index is 1.85. The van der Waals surface area contributed by atoms with Crippen LogP contribution >= 0.6 is 34.8 Å². The Bertz CT molecular complexity index is 1120. The molecule has 0 spiro atoms. The molecule has 0 atom stereocenters. The van der Waals surface area contributed by atoms with E-state index in [9.17, 15) is 26.3 Å². The van der Waals surface area contributed by atoms with Crippen LogP contribution in [0.2, 0.25) is 15.1 Å². The first-order valence-corrected chi connectivity index (χ1v) is 9.18. The Hall–Kier alpha value is -2.43. The molecule has 2 aromatic heterocycles. The first-order chi connectivity index (χ1) is 14.3. The molecule has 1 aromatic carbocycles. The summed E-state index contributed by atoms with van der Waals surface area (Å²) in [6.45, 7) is 0. The molecule has 0 aliphatic heterocycles. The Morgan fingerprint density at radius 2 is 1.32 bits per heavy atom. The molecule has 0 unspecified atom stereocenters. The molecule has 0 aliphatic carbocycles. The fraction of sp³-hybridized carbons (Fsp3) is 0.111. The number of hydrogen-bond acceptors (Lipinski definition) is 4. The fourth-order valence-electron chi connectivity index (χ4n) is 2.24. The summed E-state index contributed by atoms with van der Waals surface area (Å²) in [6.07, 6.45) is -8.09. The number of anilines is 2. The summed E-state index contributed by atoms with van der Waals surface area (Å²) in [5.41, 5.74) is -1.82. The van der Waals surface area contributed by atoms with E-state index >= 15 is 0 Å². The van der Waals surface area contributed by atoms with Crippen LogP contribution in [0.25, 0.3) is 0 Å². The smallest absolute Gasteiger partial charge is 0.417 e.